The molecular weight excluding hydrogens is 204 g/mol. The predicted molar refractivity (Wildman–Crippen MR) is 60.0 cm³/mol. The summed E-state index contributed by atoms with van der Waals surface area (Å²) in [5.74, 6) is 0.450. The highest BCUT2D eigenvalue weighted by Gasteiger charge is 2.49. The van der Waals surface area contributed by atoms with Gasteiger partial charge in [-0.1, -0.05) is 19.9 Å². The van der Waals surface area contributed by atoms with E-state index >= 15 is 0 Å². The Hall–Kier alpha value is -0.960. The van der Waals surface area contributed by atoms with E-state index in [0.717, 1.165) is 5.57 Å². The van der Waals surface area contributed by atoms with E-state index in [2.05, 4.69) is 13.8 Å². The van der Waals surface area contributed by atoms with Crippen LogP contribution in [-0.2, 0) is 14.3 Å². The standard InChI is InChI=1S/C13H18O3/c1-8(14)6-11-12-9(4-5-16-11)10(15)7-13(12,2)3/h4,11-12H,5-7H2,1-3H3/t11-,12+/m1/s1. The number of ketones is 2. The highest BCUT2D eigenvalue weighted by atomic mass is 16.5. The zero-order chi connectivity index (χ0) is 11.9. The molecule has 0 radical (unpaired) electrons. The molecule has 2 aliphatic rings. The van der Waals surface area contributed by atoms with Gasteiger partial charge in [0.05, 0.1) is 12.7 Å². The van der Waals surface area contributed by atoms with E-state index < -0.39 is 0 Å². The molecule has 1 heterocycles. The lowest BCUT2D eigenvalue weighted by atomic mass is 9.75. The van der Waals surface area contributed by atoms with Crippen LogP contribution >= 0.6 is 0 Å². The largest absolute Gasteiger partial charge is 0.373 e. The third-order valence-corrected chi connectivity index (χ3v) is 3.59. The third-order valence-electron chi connectivity index (χ3n) is 3.59. The Morgan fingerprint density at radius 3 is 2.88 bits per heavy atom. The Morgan fingerprint density at radius 1 is 1.56 bits per heavy atom. The van der Waals surface area contributed by atoms with Crippen LogP contribution in [0.25, 0.3) is 0 Å². The first-order valence-electron chi connectivity index (χ1n) is 5.76. The second-order valence-corrected chi connectivity index (χ2v) is 5.50. The fourth-order valence-electron chi connectivity index (χ4n) is 2.98. The van der Waals surface area contributed by atoms with E-state index in [1.165, 1.54) is 0 Å². The molecule has 3 nitrogen and oxygen atoms in total. The molecule has 0 aromatic rings. The van der Waals surface area contributed by atoms with Crippen molar-refractivity contribution in [2.24, 2.45) is 11.3 Å². The van der Waals surface area contributed by atoms with Crippen molar-refractivity contribution >= 4 is 11.6 Å². The van der Waals surface area contributed by atoms with Gasteiger partial charge in [-0.15, -0.1) is 0 Å². The van der Waals surface area contributed by atoms with Crippen molar-refractivity contribution in [1.82, 2.24) is 0 Å². The fourth-order valence-corrected chi connectivity index (χ4v) is 2.98. The van der Waals surface area contributed by atoms with E-state index in [0.29, 0.717) is 19.4 Å². The number of Topliss-reactive ketones (excluding diaryl/α,β-unsaturated/α-hetero) is 2. The van der Waals surface area contributed by atoms with E-state index in [4.69, 9.17) is 4.74 Å². The van der Waals surface area contributed by atoms with Crippen molar-refractivity contribution in [2.45, 2.75) is 39.7 Å². The molecule has 3 heteroatoms. The topological polar surface area (TPSA) is 43.4 Å². The molecule has 88 valence electrons. The molecule has 0 bridgehead atoms. The molecule has 2 atom stereocenters. The number of carbonyl (C=O) groups excluding carboxylic acids is 2. The van der Waals surface area contributed by atoms with Crippen LogP contribution in [0.4, 0.5) is 0 Å². The Kier molecular flexibility index (Phi) is 2.74. The number of fused-ring (bicyclic) bond motifs is 1. The smallest absolute Gasteiger partial charge is 0.159 e. The molecule has 0 amide bonds. The summed E-state index contributed by atoms with van der Waals surface area (Å²) in [5, 5.41) is 0. The molecule has 1 aliphatic heterocycles. The maximum Gasteiger partial charge on any atom is 0.159 e. The van der Waals surface area contributed by atoms with E-state index in [1.807, 2.05) is 6.08 Å². The van der Waals surface area contributed by atoms with Crippen LogP contribution in [0.5, 0.6) is 0 Å². The monoisotopic (exact) mass is 222 g/mol. The van der Waals surface area contributed by atoms with Crippen molar-refractivity contribution < 1.29 is 14.3 Å². The fraction of sp³-hybridized carbons (Fsp3) is 0.692. The summed E-state index contributed by atoms with van der Waals surface area (Å²) in [7, 11) is 0. The first kappa shape index (κ1) is 11.5. The summed E-state index contributed by atoms with van der Waals surface area (Å²) in [6.45, 7) is 6.20. The molecule has 16 heavy (non-hydrogen) atoms. The third kappa shape index (κ3) is 1.84. The average molecular weight is 222 g/mol. The van der Waals surface area contributed by atoms with Crippen LogP contribution in [0.1, 0.15) is 33.6 Å². The molecule has 1 saturated carbocycles. The highest BCUT2D eigenvalue weighted by Crippen LogP contribution is 2.48. The van der Waals surface area contributed by atoms with Crippen LogP contribution in [0.2, 0.25) is 0 Å². The molecule has 1 aliphatic carbocycles. The lowest BCUT2D eigenvalue weighted by Crippen LogP contribution is -2.36. The molecule has 0 aromatic carbocycles. The summed E-state index contributed by atoms with van der Waals surface area (Å²) in [4.78, 5) is 23.1. The Labute approximate surface area is 95.9 Å². The Morgan fingerprint density at radius 2 is 2.25 bits per heavy atom. The van der Waals surface area contributed by atoms with Crippen molar-refractivity contribution in [3.8, 4) is 0 Å². The number of carbonyl (C=O) groups is 2. The van der Waals surface area contributed by atoms with Gasteiger partial charge >= 0.3 is 0 Å². The second kappa shape index (κ2) is 3.81. The summed E-state index contributed by atoms with van der Waals surface area (Å²) in [6.07, 6.45) is 2.76. The zero-order valence-electron chi connectivity index (χ0n) is 10.1. The minimum atomic E-state index is -0.112. The maximum atomic E-state index is 11.8. The van der Waals surface area contributed by atoms with Crippen molar-refractivity contribution in [3.63, 3.8) is 0 Å². The summed E-state index contributed by atoms with van der Waals surface area (Å²) in [5.41, 5.74) is 0.811. The number of hydrogen-bond donors (Lipinski definition) is 0. The summed E-state index contributed by atoms with van der Waals surface area (Å²) in [6, 6.07) is 0. The van der Waals surface area contributed by atoms with Gasteiger partial charge in [-0.05, 0) is 17.9 Å². The van der Waals surface area contributed by atoms with E-state index in [1.54, 1.807) is 6.92 Å². The molecule has 0 saturated heterocycles. The number of hydrogen-bond acceptors (Lipinski definition) is 3. The molecule has 0 N–H and O–H groups in total. The van der Waals surface area contributed by atoms with E-state index in [-0.39, 0.29) is 29.0 Å². The van der Waals surface area contributed by atoms with E-state index in [9.17, 15) is 9.59 Å². The van der Waals surface area contributed by atoms with Crippen LogP contribution < -0.4 is 0 Å². The Bertz CT molecular complexity index is 365. The lowest BCUT2D eigenvalue weighted by molar-refractivity contribution is -0.121. The lowest BCUT2D eigenvalue weighted by Gasteiger charge is -2.35. The minimum absolute atomic E-state index is 0.0799. The van der Waals surface area contributed by atoms with Gasteiger partial charge in [-0.25, -0.2) is 0 Å². The van der Waals surface area contributed by atoms with Crippen molar-refractivity contribution in [2.75, 3.05) is 6.61 Å². The molecule has 0 aromatic heterocycles. The van der Waals surface area contributed by atoms with Crippen molar-refractivity contribution in [1.29, 1.82) is 0 Å². The van der Waals surface area contributed by atoms with Crippen LogP contribution in [0.15, 0.2) is 11.6 Å². The number of ether oxygens (including phenoxy) is 1. The molecule has 0 unspecified atom stereocenters. The summed E-state index contributed by atoms with van der Waals surface area (Å²) < 4.78 is 5.64. The number of rotatable bonds is 2. The van der Waals surface area contributed by atoms with Gasteiger partial charge in [0.25, 0.3) is 0 Å². The first-order valence-corrected chi connectivity index (χ1v) is 5.76. The van der Waals surface area contributed by atoms with Gasteiger partial charge in [-0.3, -0.25) is 9.59 Å². The quantitative estimate of drug-likeness (QED) is 0.716. The predicted octanol–water partition coefficient (Wildman–Crippen LogP) is 1.91. The van der Waals surface area contributed by atoms with Crippen LogP contribution in [0, 0.1) is 11.3 Å². The van der Waals surface area contributed by atoms with Gasteiger partial charge < -0.3 is 4.74 Å². The normalized spacial score (nSPS) is 32.2. The van der Waals surface area contributed by atoms with Gasteiger partial charge in [0, 0.05) is 18.8 Å². The van der Waals surface area contributed by atoms with Crippen molar-refractivity contribution in [3.05, 3.63) is 11.6 Å². The van der Waals surface area contributed by atoms with Gasteiger partial charge in [-0.2, -0.15) is 0 Å². The molecule has 1 fully saturated rings. The average Bonchev–Trinajstić information content (AvgIpc) is 2.37. The van der Waals surface area contributed by atoms with Gasteiger partial charge in [0.15, 0.2) is 5.78 Å². The summed E-state index contributed by atoms with van der Waals surface area (Å²) >= 11 is 0. The van der Waals surface area contributed by atoms with Gasteiger partial charge in [0.1, 0.15) is 5.78 Å². The molecule has 0 spiro atoms. The zero-order valence-corrected chi connectivity index (χ0v) is 10.1. The van der Waals surface area contributed by atoms with Gasteiger partial charge in [0.2, 0.25) is 0 Å². The highest BCUT2D eigenvalue weighted by molar-refractivity contribution is 5.99. The minimum Gasteiger partial charge on any atom is -0.373 e. The van der Waals surface area contributed by atoms with Crippen LogP contribution in [-0.4, -0.2) is 24.3 Å². The molecule has 2 rings (SSSR count). The maximum absolute atomic E-state index is 11.8. The first-order chi connectivity index (χ1) is 7.42. The second-order valence-electron chi connectivity index (χ2n) is 5.50. The van der Waals surface area contributed by atoms with Crippen LogP contribution in [0.3, 0.4) is 0 Å². The molecular formula is C13H18O3. The SMILES string of the molecule is CC(=O)C[C@H]1OCC=C2C(=O)CC(C)(C)[C@@H]21. The Balaban J connectivity index is 2.30.